The lowest BCUT2D eigenvalue weighted by Gasteiger charge is -1.58. The van der Waals surface area contributed by atoms with E-state index in [4.69, 9.17) is 0 Å². The first kappa shape index (κ1) is 74.5. The lowest BCUT2D eigenvalue weighted by Crippen LogP contribution is -1.57. The summed E-state index contributed by atoms with van der Waals surface area (Å²) >= 11 is 1.88. The number of hydrogen-bond acceptors (Lipinski definition) is 0. The van der Waals surface area contributed by atoms with Crippen molar-refractivity contribution in [3.63, 3.8) is 0 Å². The monoisotopic (exact) mass is 1250 g/mol. The molecule has 0 saturated heterocycles. The summed E-state index contributed by atoms with van der Waals surface area (Å²) in [4.78, 5) is 0. The summed E-state index contributed by atoms with van der Waals surface area (Å²) in [5.74, 6) is 228. The highest BCUT2D eigenvalue weighted by Crippen LogP contribution is 1.69. The summed E-state index contributed by atoms with van der Waals surface area (Å²) in [5, 5.41) is 0. The zero-order chi connectivity index (χ0) is 67.1. The van der Waals surface area contributed by atoms with Gasteiger partial charge in [0.25, 0.3) is 0 Å². The maximum absolute atomic E-state index is 2.63. The molecule has 0 atom stereocenters. The summed E-state index contributed by atoms with van der Waals surface area (Å²) in [6.45, 7) is 1.68. The summed E-state index contributed by atoms with van der Waals surface area (Å²) < 4.78 is 2.60. The van der Waals surface area contributed by atoms with E-state index in [0.717, 1.165) is 0 Å². The van der Waals surface area contributed by atoms with Crippen LogP contribution in [0.25, 0.3) is 0 Å². The van der Waals surface area contributed by atoms with Crippen molar-refractivity contribution in [2.45, 2.75) is 6.92 Å². The molecule has 0 aromatic heterocycles. The predicted molar refractivity (Wildman–Crippen MR) is 377 cm³/mol. The van der Waals surface area contributed by atoms with Crippen LogP contribution < -0.4 is 0 Å². The minimum Gasteiger partial charge on any atom is -0.0925 e. The first-order valence-electron chi connectivity index (χ1n) is 23.4. The van der Waals surface area contributed by atoms with Crippen molar-refractivity contribution in [1.82, 2.24) is 0 Å². The van der Waals surface area contributed by atoms with Crippen LogP contribution in [0.5, 0.6) is 0 Å². The third-order valence-electron chi connectivity index (χ3n) is 5.73. The van der Waals surface area contributed by atoms with Gasteiger partial charge in [-0.25, -0.2) is 0 Å². The van der Waals surface area contributed by atoms with E-state index in [1.54, 1.807) is 6.92 Å². The molecule has 0 fully saturated rings. The average molecular weight is 1250 g/mol. The van der Waals surface area contributed by atoms with Gasteiger partial charge in [0.15, 0.2) is 0 Å². The summed E-state index contributed by atoms with van der Waals surface area (Å²) in [7, 11) is 0. The third-order valence-corrected chi connectivity index (χ3v) is 6.00. The van der Waals surface area contributed by atoms with Gasteiger partial charge in [-0.15, -0.1) is 0 Å². The Kier molecular flexibility index (Phi) is 58.2. The molecule has 0 spiro atoms. The highest BCUT2D eigenvalue weighted by Gasteiger charge is 1.66. The third kappa shape index (κ3) is 72.5. The molecule has 0 unspecified atom stereocenters. The van der Waals surface area contributed by atoms with E-state index in [-0.39, 0.29) is 0 Å². The maximum Gasteiger partial charge on any atom is 0.0192 e. The Morgan fingerprint density at radius 2 is 0.138 bits per heavy atom. The molecule has 94 heavy (non-hydrogen) atoms. The van der Waals surface area contributed by atoms with Crippen molar-refractivity contribution in [3.8, 4) is 543 Å². The number of rotatable bonds is 0. The van der Waals surface area contributed by atoms with Crippen LogP contribution in [0.3, 0.4) is 0 Å². The lowest BCUT2D eigenvalue weighted by atomic mass is 10.4. The molecule has 0 aromatic carbocycles. The Morgan fingerprint density at radius 1 is 0.0851 bits per heavy atom. The van der Waals surface area contributed by atoms with E-state index in [1.165, 1.54) is 0 Å². The van der Waals surface area contributed by atoms with Gasteiger partial charge in [0.05, 0.1) is 0 Å². The van der Waals surface area contributed by atoms with Gasteiger partial charge in [0.2, 0.25) is 0 Å². The van der Waals surface area contributed by atoms with Gasteiger partial charge in [0.1, 0.15) is 0 Å². The van der Waals surface area contributed by atoms with Crippen LogP contribution >= 0.6 is 22.6 Å². The highest BCUT2D eigenvalue weighted by atomic mass is 127. The Balaban J connectivity index is 4.63. The maximum atomic E-state index is 2.63. The normalized spacial score (nSPS) is 3.98. The molecule has 0 aromatic rings. The molecule has 0 N–H and O–H groups in total. The van der Waals surface area contributed by atoms with Gasteiger partial charge >= 0.3 is 0 Å². The van der Waals surface area contributed by atoms with Crippen molar-refractivity contribution in [2.75, 3.05) is 0 Å². The van der Waals surface area contributed by atoms with Crippen molar-refractivity contribution < 1.29 is 0 Å². The van der Waals surface area contributed by atoms with E-state index in [0.29, 0.717) is 0 Å². The molecule has 0 radical (unpaired) electrons. The first-order valence-corrected chi connectivity index (χ1v) is 24.5. The topological polar surface area (TPSA) is 0 Å². The number of halogens is 1. The molecule has 0 rings (SSSR count). The predicted octanol–water partition coefficient (Wildman–Crippen LogP) is 1.56. The van der Waals surface area contributed by atoms with Crippen molar-refractivity contribution in [2.24, 2.45) is 0 Å². The molecule has 0 aliphatic heterocycles. The minimum absolute atomic E-state index is 1.68. The highest BCUT2D eigenvalue weighted by molar-refractivity contribution is 14.1. The van der Waals surface area contributed by atoms with Crippen molar-refractivity contribution in [3.05, 3.63) is 0 Å². The number of hydrogen-bond donors (Lipinski definition) is 0. The van der Waals surface area contributed by atoms with Gasteiger partial charge in [-0.3, -0.25) is 0 Å². The van der Waals surface area contributed by atoms with E-state index in [1.807, 2.05) is 22.6 Å². The summed E-state index contributed by atoms with van der Waals surface area (Å²) in [6, 6.07) is 0. The van der Waals surface area contributed by atoms with E-state index < -0.39 is 0 Å². The molecule has 382 valence electrons. The van der Waals surface area contributed by atoms with Crippen LogP contribution in [0.15, 0.2) is 0 Å². The second kappa shape index (κ2) is 73.5. The molecular formula is C93H3I. The van der Waals surface area contributed by atoms with Crippen LogP contribution in [0.1, 0.15) is 6.92 Å². The molecule has 0 bridgehead atoms. The fourth-order valence-electron chi connectivity index (χ4n) is 2.84. The second-order valence-corrected chi connectivity index (χ2v) is 12.1. The van der Waals surface area contributed by atoms with Crippen LogP contribution in [-0.2, 0) is 0 Å². The van der Waals surface area contributed by atoms with E-state index in [2.05, 4.69) is 543 Å². The molecule has 0 amide bonds. The largest absolute Gasteiger partial charge is 0.0925 e. The lowest BCUT2D eigenvalue weighted by molar-refractivity contribution is 1.92. The second-order valence-electron chi connectivity index (χ2n) is 11.6. The fraction of sp³-hybridized carbons (Fsp3) is 0.0108. The van der Waals surface area contributed by atoms with Crippen LogP contribution in [0.2, 0.25) is 0 Å². The van der Waals surface area contributed by atoms with Crippen LogP contribution in [0.4, 0.5) is 0 Å². The average Bonchev–Trinajstić information content (AvgIpc) is 3.59. The Labute approximate surface area is 568 Å². The fourth-order valence-corrected chi connectivity index (χ4v) is 2.97. The Morgan fingerprint density at radius 3 is 0.191 bits per heavy atom. The van der Waals surface area contributed by atoms with Crippen LogP contribution in [-0.4, -0.2) is 0 Å². The molecule has 0 heterocycles. The van der Waals surface area contributed by atoms with Crippen LogP contribution in [0, 0.1) is 543 Å². The summed E-state index contributed by atoms with van der Waals surface area (Å²) in [6.07, 6.45) is 0. The molecular weight excluding hydrogens is 1240 g/mol. The van der Waals surface area contributed by atoms with Gasteiger partial charge in [-0.1, -0.05) is 5.92 Å². The Bertz CT molecular complexity index is 6140. The van der Waals surface area contributed by atoms with Gasteiger partial charge in [0, 0.05) is 461 Å². The van der Waals surface area contributed by atoms with Crippen molar-refractivity contribution in [1.29, 1.82) is 0 Å². The standard InChI is InChI=1S/C93H3I/c1-2-3-4-5-6-7-8-9-10-11-12-13-14-15-16-17-18-19-20-21-22-23-24-25-26-27-28-29-30-31-32-33-34-35-36-37-38-39-40-41-42-43-44-45-46-47-48-49-50-51-52-53-54-55-56-57-58-59-60-61-62-63-64-65-66-67-68-69-70-71-72-73-74-75-76-77-78-79-80-81-82-83-84-85-86-87-88-89-90-91-92-93-94/h1H3. The SMILES string of the molecule is CC#CC#CC#CC#CC#CC#CC#CC#CC#CC#CC#CC#CC#CC#CC#CC#CC#CC#CC#CC#CC#CC#CC#CC#CC#CC#CC#CC#CC#CC#CC#CC#CC#CC#CC#CC#CC#CC#CC#CC#CC#CC#CC#CC#CC#CC#CI. The smallest absolute Gasteiger partial charge is 0.0192 e. The van der Waals surface area contributed by atoms with Gasteiger partial charge < -0.3 is 0 Å². The Hall–Kier alpha value is -19.5. The van der Waals surface area contributed by atoms with Crippen molar-refractivity contribution >= 4 is 22.6 Å². The van der Waals surface area contributed by atoms with Gasteiger partial charge in [-0.05, 0) is 106 Å². The first-order chi connectivity index (χ1) is 46.9. The van der Waals surface area contributed by atoms with E-state index in [9.17, 15) is 0 Å². The zero-order valence-corrected chi connectivity index (χ0v) is 49.5. The quantitative estimate of drug-likeness (QED) is 0.256. The molecule has 0 nitrogen and oxygen atoms in total. The molecule has 0 saturated carbocycles. The van der Waals surface area contributed by atoms with E-state index >= 15 is 0 Å². The summed E-state index contributed by atoms with van der Waals surface area (Å²) in [5.41, 5.74) is 0. The molecule has 0 aliphatic rings. The molecule has 1 heteroatoms. The molecule has 0 aliphatic carbocycles. The zero-order valence-electron chi connectivity index (χ0n) is 47.4. The van der Waals surface area contributed by atoms with Gasteiger partial charge in [-0.2, -0.15) is 0 Å². The minimum atomic E-state index is 1.68.